The van der Waals surface area contributed by atoms with Crippen molar-refractivity contribution < 1.29 is 28.5 Å². The topological polar surface area (TPSA) is 7.12 Å². The predicted molar refractivity (Wildman–Crippen MR) is 98.0 cm³/mol. The van der Waals surface area contributed by atoms with Crippen LogP contribution in [0.15, 0.2) is 40.3 Å². The predicted octanol–water partition coefficient (Wildman–Crippen LogP) is 0.282. The Hall–Kier alpha value is -0.000390. The van der Waals surface area contributed by atoms with Crippen LogP contribution in [-0.4, -0.2) is 27.5 Å². The molecule has 0 saturated carbocycles. The van der Waals surface area contributed by atoms with Crippen LogP contribution in [0.3, 0.4) is 0 Å². The summed E-state index contributed by atoms with van der Waals surface area (Å²) in [6, 6.07) is 8.70. The molecular weight excluding hydrogens is 551 g/mol. The molecule has 4 rings (SSSR count). The molecule has 0 fully saturated rings. The Bertz CT molecular complexity index is 798. The van der Waals surface area contributed by atoms with E-state index in [-0.39, 0.29) is 44.9 Å². The summed E-state index contributed by atoms with van der Waals surface area (Å²) >= 11 is 3.79. The average Bonchev–Trinajstić information content (AvgIpc) is 3.06. The molecule has 2 aliphatic rings. The van der Waals surface area contributed by atoms with Crippen molar-refractivity contribution in [2.45, 2.75) is 16.3 Å². The molecule has 0 N–H and O–H groups in total. The Morgan fingerprint density at radius 3 is 2.96 bits per heavy atom. The minimum absolute atomic E-state index is 0. The largest absolute Gasteiger partial charge is 1.00 e. The molecule has 23 heavy (non-hydrogen) atoms. The van der Waals surface area contributed by atoms with E-state index in [0.717, 1.165) is 6.54 Å². The summed E-state index contributed by atoms with van der Waals surface area (Å²) < 4.78 is 5.32. The zero-order valence-corrected chi connectivity index (χ0v) is 19.1. The van der Waals surface area contributed by atoms with Crippen molar-refractivity contribution in [2.24, 2.45) is 7.05 Å². The third-order valence-electron chi connectivity index (χ3n) is 3.85. The maximum atomic E-state index is 2.43. The Morgan fingerprint density at radius 1 is 1.35 bits per heavy atom. The van der Waals surface area contributed by atoms with E-state index in [2.05, 4.69) is 65.9 Å². The molecular formula is C17H17IN2S2Te. The number of thioether (sulfide) groups is 1. The summed E-state index contributed by atoms with van der Waals surface area (Å²) in [4.78, 5) is 5.27. The van der Waals surface area contributed by atoms with E-state index < -0.39 is 0 Å². The van der Waals surface area contributed by atoms with Crippen LogP contribution in [0, 0.1) is 0 Å². The summed E-state index contributed by atoms with van der Waals surface area (Å²) in [5.41, 5.74) is 1.35. The first-order valence-corrected chi connectivity index (χ1v) is 11.8. The van der Waals surface area contributed by atoms with Gasteiger partial charge in [-0.2, -0.15) is 0 Å². The molecule has 0 amide bonds. The molecule has 0 atom stereocenters. The number of rotatable bonds is 2. The molecule has 0 bridgehead atoms. The monoisotopic (exact) mass is 570 g/mol. The number of halogens is 1. The summed E-state index contributed by atoms with van der Waals surface area (Å²) in [5, 5.41) is 2.72. The number of fused-ring (bicyclic) bond motifs is 2. The van der Waals surface area contributed by atoms with Gasteiger partial charge >= 0.3 is 150 Å². The number of aromatic nitrogens is 1. The minimum Gasteiger partial charge on any atom is -1.00 e. The molecule has 3 heterocycles. The van der Waals surface area contributed by atoms with Crippen LogP contribution in [0.5, 0.6) is 0 Å². The van der Waals surface area contributed by atoms with E-state index in [1.165, 1.54) is 30.0 Å². The van der Waals surface area contributed by atoms with Crippen molar-refractivity contribution in [1.82, 2.24) is 0 Å². The molecule has 0 saturated heterocycles. The van der Waals surface area contributed by atoms with Crippen molar-refractivity contribution in [1.29, 1.82) is 0 Å². The van der Waals surface area contributed by atoms with Gasteiger partial charge in [-0.3, -0.25) is 0 Å². The second-order valence-electron chi connectivity index (χ2n) is 5.18. The van der Waals surface area contributed by atoms with Crippen LogP contribution in [0.1, 0.15) is 16.8 Å². The molecule has 6 heteroatoms. The number of benzene rings is 1. The van der Waals surface area contributed by atoms with E-state index >= 15 is 0 Å². The molecule has 2 aromatic rings. The Balaban J connectivity index is 0.00000156. The fourth-order valence-electron chi connectivity index (χ4n) is 2.76. The number of hydrogen-bond acceptors (Lipinski definition) is 3. The first kappa shape index (κ1) is 17.8. The fraction of sp³-hybridized carbons (Fsp3) is 0.235. The summed E-state index contributed by atoms with van der Waals surface area (Å²) in [7, 11) is 2.23. The Labute approximate surface area is 172 Å². The second-order valence-corrected chi connectivity index (χ2v) is 10.2. The van der Waals surface area contributed by atoms with Gasteiger partial charge in [-0.1, -0.05) is 0 Å². The van der Waals surface area contributed by atoms with Crippen molar-refractivity contribution in [2.75, 3.05) is 11.4 Å². The zero-order valence-electron chi connectivity index (χ0n) is 13.0. The van der Waals surface area contributed by atoms with Gasteiger partial charge in [0.15, 0.2) is 0 Å². The van der Waals surface area contributed by atoms with Crippen molar-refractivity contribution in [3.05, 3.63) is 45.3 Å². The standard InChI is InChI=1S/C17H17N2S2Te.HI/c1-3-19-12-7-4-5-8-13(12)20-16(19)11-15-18(2)17-14(21-15)9-6-10-22-17;/h4-9,11H,3,10H2,1-2H3;1H/q+1;/p-1. The first-order chi connectivity index (χ1) is 10.8. The smallest absolute Gasteiger partial charge is 1.00 e. The van der Waals surface area contributed by atoms with E-state index in [0.29, 0.717) is 0 Å². The molecule has 0 unspecified atom stereocenters. The van der Waals surface area contributed by atoms with Gasteiger partial charge in [0, 0.05) is 0 Å². The van der Waals surface area contributed by atoms with E-state index in [1.54, 1.807) is 3.74 Å². The normalized spacial score (nSPS) is 17.1. The number of para-hydroxylation sites is 1. The van der Waals surface area contributed by atoms with E-state index in [9.17, 15) is 0 Å². The number of thiazole rings is 1. The van der Waals surface area contributed by atoms with Crippen molar-refractivity contribution >= 4 is 65.6 Å². The number of anilines is 1. The molecule has 1 aromatic heterocycles. The minimum atomic E-state index is -0.0342. The van der Waals surface area contributed by atoms with Gasteiger partial charge in [0.1, 0.15) is 0 Å². The van der Waals surface area contributed by atoms with Crippen LogP contribution in [-0.2, 0) is 7.05 Å². The van der Waals surface area contributed by atoms with Gasteiger partial charge in [0.05, 0.1) is 0 Å². The van der Waals surface area contributed by atoms with Crippen molar-refractivity contribution in [3.63, 3.8) is 0 Å². The quantitative estimate of drug-likeness (QED) is 0.293. The third-order valence-corrected chi connectivity index (χ3v) is 9.73. The van der Waals surface area contributed by atoms with E-state index in [4.69, 9.17) is 0 Å². The van der Waals surface area contributed by atoms with Crippen LogP contribution in [0.2, 0.25) is 4.47 Å². The number of allylic oxidation sites excluding steroid dienone is 1. The first-order valence-electron chi connectivity index (χ1n) is 7.36. The van der Waals surface area contributed by atoms with Gasteiger partial charge < -0.3 is 24.0 Å². The Kier molecular flexibility index (Phi) is 5.80. The fourth-order valence-corrected chi connectivity index (χ4v) is 8.38. The van der Waals surface area contributed by atoms with Crippen molar-refractivity contribution in [3.8, 4) is 0 Å². The maximum Gasteiger partial charge on any atom is -1.00 e. The SMILES string of the molecule is CCN1C(=Cc2sc3c([n+]2C)[Te]CC=C3)Sc2ccccc21.[I-]. The molecule has 1 aromatic carbocycles. The number of hydrogen-bond donors (Lipinski definition) is 0. The van der Waals surface area contributed by atoms with Gasteiger partial charge in [-0.05, 0) is 0 Å². The van der Waals surface area contributed by atoms with Gasteiger partial charge in [0.25, 0.3) is 0 Å². The average molecular weight is 568 g/mol. The van der Waals surface area contributed by atoms with Crippen LogP contribution in [0.25, 0.3) is 12.2 Å². The molecule has 0 radical (unpaired) electrons. The second kappa shape index (κ2) is 7.49. The van der Waals surface area contributed by atoms with Crippen LogP contribution >= 0.6 is 23.1 Å². The summed E-state index contributed by atoms with van der Waals surface area (Å²) in [5.74, 6) is 0. The molecule has 2 aliphatic heterocycles. The van der Waals surface area contributed by atoms with Gasteiger partial charge in [-0.25, -0.2) is 0 Å². The van der Waals surface area contributed by atoms with Crippen LogP contribution < -0.4 is 37.2 Å². The molecule has 2 nitrogen and oxygen atoms in total. The third kappa shape index (κ3) is 3.25. The maximum absolute atomic E-state index is 2.43. The summed E-state index contributed by atoms with van der Waals surface area (Å²) in [6.45, 7) is 3.24. The van der Waals surface area contributed by atoms with Gasteiger partial charge in [-0.15, -0.1) is 0 Å². The van der Waals surface area contributed by atoms with Gasteiger partial charge in [0.2, 0.25) is 0 Å². The molecule has 0 spiro atoms. The Morgan fingerprint density at radius 2 is 2.17 bits per heavy atom. The summed E-state index contributed by atoms with van der Waals surface area (Å²) in [6.07, 6.45) is 7.03. The molecule has 120 valence electrons. The number of nitrogens with zero attached hydrogens (tertiary/aromatic N) is 2. The van der Waals surface area contributed by atoms with Crippen LogP contribution in [0.4, 0.5) is 5.69 Å². The molecule has 0 aliphatic carbocycles. The zero-order chi connectivity index (χ0) is 15.1. The van der Waals surface area contributed by atoms with E-state index in [1.807, 2.05) is 23.1 Å².